The van der Waals surface area contributed by atoms with Crippen molar-refractivity contribution >= 4 is 11.0 Å². The zero-order valence-corrected chi connectivity index (χ0v) is 16.6. The number of aromatic hydroxyl groups is 1. The van der Waals surface area contributed by atoms with E-state index in [1.54, 1.807) is 12.1 Å². The first kappa shape index (κ1) is 18.8. The molecule has 0 aliphatic carbocycles. The van der Waals surface area contributed by atoms with Crippen LogP contribution in [0.4, 0.5) is 0 Å². The van der Waals surface area contributed by atoms with Crippen molar-refractivity contribution in [1.29, 1.82) is 0 Å². The van der Waals surface area contributed by atoms with Crippen LogP contribution in [0.15, 0.2) is 51.7 Å². The summed E-state index contributed by atoms with van der Waals surface area (Å²) in [7, 11) is 0. The highest BCUT2D eigenvalue weighted by Gasteiger charge is 2.24. The number of hydrogen-bond donors (Lipinski definition) is 1. The molecule has 4 heteroatoms. The van der Waals surface area contributed by atoms with Gasteiger partial charge in [-0.15, -0.1) is 0 Å². The molecule has 0 bridgehead atoms. The minimum Gasteiger partial charge on any atom is -0.507 e. The first-order valence-corrected chi connectivity index (χ1v) is 10.2. The third kappa shape index (κ3) is 3.33. The number of hydrogen-bond acceptors (Lipinski definition) is 4. The van der Waals surface area contributed by atoms with E-state index >= 15 is 0 Å². The minimum atomic E-state index is -0.0446. The number of piperidine rings is 1. The summed E-state index contributed by atoms with van der Waals surface area (Å²) in [5.74, 6) is 0.782. The Balaban J connectivity index is 1.84. The van der Waals surface area contributed by atoms with Gasteiger partial charge in [0.1, 0.15) is 17.1 Å². The van der Waals surface area contributed by atoms with Gasteiger partial charge in [0, 0.05) is 12.6 Å². The third-order valence-corrected chi connectivity index (χ3v) is 5.96. The monoisotopic (exact) mass is 377 g/mol. The molecule has 1 fully saturated rings. The maximum Gasteiger partial charge on any atom is 0.200 e. The van der Waals surface area contributed by atoms with E-state index in [9.17, 15) is 9.90 Å². The van der Waals surface area contributed by atoms with E-state index in [0.717, 1.165) is 24.1 Å². The maximum absolute atomic E-state index is 13.3. The molecule has 0 amide bonds. The number of phenolic OH excluding ortho intramolecular Hbond substituents is 1. The van der Waals surface area contributed by atoms with Crippen molar-refractivity contribution < 1.29 is 9.52 Å². The molecule has 0 saturated carbocycles. The van der Waals surface area contributed by atoms with E-state index in [1.807, 2.05) is 37.3 Å². The molecular formula is C24H27NO3. The Kier molecular flexibility index (Phi) is 5.23. The number of phenols is 1. The predicted molar refractivity (Wildman–Crippen MR) is 113 cm³/mol. The van der Waals surface area contributed by atoms with E-state index < -0.39 is 0 Å². The van der Waals surface area contributed by atoms with Crippen LogP contribution in [0.3, 0.4) is 0 Å². The summed E-state index contributed by atoms with van der Waals surface area (Å²) in [5.41, 5.74) is 2.64. The van der Waals surface area contributed by atoms with Crippen molar-refractivity contribution in [2.24, 2.45) is 0 Å². The fourth-order valence-electron chi connectivity index (χ4n) is 4.44. The summed E-state index contributed by atoms with van der Waals surface area (Å²) in [6.07, 6.45) is 4.70. The minimum absolute atomic E-state index is 0.0446. The molecule has 3 aromatic rings. The van der Waals surface area contributed by atoms with Gasteiger partial charge in [0.05, 0.1) is 16.5 Å². The topological polar surface area (TPSA) is 53.7 Å². The van der Waals surface area contributed by atoms with Crippen LogP contribution in [-0.4, -0.2) is 22.6 Å². The first-order valence-electron chi connectivity index (χ1n) is 10.2. The molecule has 1 N–H and O–H groups in total. The van der Waals surface area contributed by atoms with Gasteiger partial charge in [-0.1, -0.05) is 43.7 Å². The van der Waals surface area contributed by atoms with Crippen LogP contribution >= 0.6 is 0 Å². The Morgan fingerprint density at radius 3 is 2.68 bits per heavy atom. The number of rotatable bonds is 4. The Morgan fingerprint density at radius 2 is 1.93 bits per heavy atom. The second-order valence-corrected chi connectivity index (χ2v) is 7.70. The molecule has 1 aliphatic rings. The average molecular weight is 377 g/mol. The van der Waals surface area contributed by atoms with Crippen molar-refractivity contribution in [3.8, 4) is 16.9 Å². The van der Waals surface area contributed by atoms with Gasteiger partial charge in [-0.25, -0.2) is 0 Å². The van der Waals surface area contributed by atoms with Crippen molar-refractivity contribution in [1.82, 2.24) is 4.90 Å². The molecule has 4 rings (SSSR count). The number of nitrogens with zero attached hydrogens (tertiary/aromatic N) is 1. The highest BCUT2D eigenvalue weighted by molar-refractivity contribution is 5.86. The standard InChI is InChI=1S/C24H27NO3/c1-3-18-11-7-8-14-25(18)15-20-21(26)13-12-19-23(27)22(16(2)28-24(19)20)17-9-5-4-6-10-17/h4-6,9-10,12-13,18,26H,3,7-8,11,14-15H2,1-2H3. The molecule has 0 spiro atoms. The zero-order valence-electron chi connectivity index (χ0n) is 16.6. The Labute approximate surface area is 165 Å². The van der Waals surface area contributed by atoms with Gasteiger partial charge in [0.2, 0.25) is 5.43 Å². The maximum atomic E-state index is 13.3. The Bertz CT molecular complexity index is 1040. The van der Waals surface area contributed by atoms with Gasteiger partial charge in [0.25, 0.3) is 0 Å². The third-order valence-electron chi connectivity index (χ3n) is 5.96. The fourth-order valence-corrected chi connectivity index (χ4v) is 4.44. The number of likely N-dealkylation sites (tertiary alicyclic amines) is 1. The highest BCUT2D eigenvalue weighted by Crippen LogP contribution is 2.32. The van der Waals surface area contributed by atoms with E-state index in [4.69, 9.17) is 4.42 Å². The summed E-state index contributed by atoms with van der Waals surface area (Å²) in [6.45, 7) is 5.66. The quantitative estimate of drug-likeness (QED) is 0.676. The van der Waals surface area contributed by atoms with Crippen LogP contribution in [0.1, 0.15) is 43.9 Å². The van der Waals surface area contributed by atoms with Gasteiger partial charge in [-0.2, -0.15) is 0 Å². The molecule has 2 heterocycles. The lowest BCUT2D eigenvalue weighted by atomic mass is 9.97. The molecule has 146 valence electrons. The molecular weight excluding hydrogens is 350 g/mol. The lowest BCUT2D eigenvalue weighted by molar-refractivity contribution is 0.135. The fraction of sp³-hybridized carbons (Fsp3) is 0.375. The van der Waals surface area contributed by atoms with Gasteiger partial charge in [-0.3, -0.25) is 9.69 Å². The van der Waals surface area contributed by atoms with Crippen molar-refractivity contribution in [3.63, 3.8) is 0 Å². The second kappa shape index (κ2) is 7.80. The van der Waals surface area contributed by atoms with Crippen LogP contribution in [0.5, 0.6) is 5.75 Å². The van der Waals surface area contributed by atoms with Crippen LogP contribution in [0.2, 0.25) is 0 Å². The molecule has 1 aliphatic heterocycles. The van der Waals surface area contributed by atoms with Crippen LogP contribution < -0.4 is 5.43 Å². The summed E-state index contributed by atoms with van der Waals surface area (Å²) >= 11 is 0. The molecule has 1 saturated heterocycles. The van der Waals surface area contributed by atoms with Crippen LogP contribution in [-0.2, 0) is 6.54 Å². The van der Waals surface area contributed by atoms with Crippen LogP contribution in [0.25, 0.3) is 22.1 Å². The van der Waals surface area contributed by atoms with Gasteiger partial charge < -0.3 is 9.52 Å². The van der Waals surface area contributed by atoms with Crippen LogP contribution in [0, 0.1) is 6.92 Å². The lowest BCUT2D eigenvalue weighted by Crippen LogP contribution is -2.38. The molecule has 1 aromatic heterocycles. The normalized spacial score (nSPS) is 17.9. The van der Waals surface area contributed by atoms with Gasteiger partial charge in [0.15, 0.2) is 0 Å². The molecule has 2 aromatic carbocycles. The summed E-state index contributed by atoms with van der Waals surface area (Å²) in [6, 6.07) is 13.4. The molecule has 28 heavy (non-hydrogen) atoms. The smallest absolute Gasteiger partial charge is 0.200 e. The van der Waals surface area contributed by atoms with E-state index in [1.165, 1.54) is 19.3 Å². The van der Waals surface area contributed by atoms with E-state index in [2.05, 4.69) is 11.8 Å². The predicted octanol–water partition coefficient (Wildman–Crippen LogP) is 5.24. The number of fused-ring (bicyclic) bond motifs is 1. The first-order chi connectivity index (χ1) is 13.6. The largest absolute Gasteiger partial charge is 0.507 e. The Hall–Kier alpha value is -2.59. The second-order valence-electron chi connectivity index (χ2n) is 7.70. The van der Waals surface area contributed by atoms with Gasteiger partial charge >= 0.3 is 0 Å². The average Bonchev–Trinajstić information content (AvgIpc) is 2.71. The number of benzene rings is 2. The Morgan fingerprint density at radius 1 is 1.14 bits per heavy atom. The molecule has 4 nitrogen and oxygen atoms in total. The van der Waals surface area contributed by atoms with E-state index in [0.29, 0.717) is 34.9 Å². The number of aryl methyl sites for hydroxylation is 1. The molecule has 1 atom stereocenters. The zero-order chi connectivity index (χ0) is 19.7. The summed E-state index contributed by atoms with van der Waals surface area (Å²) in [4.78, 5) is 15.7. The lowest BCUT2D eigenvalue weighted by Gasteiger charge is -2.35. The van der Waals surface area contributed by atoms with Crippen molar-refractivity contribution in [2.45, 2.75) is 52.1 Å². The molecule has 0 radical (unpaired) electrons. The SMILES string of the molecule is CCC1CCCCN1Cc1c(O)ccc2c(=O)c(-c3ccccc3)c(C)oc12. The van der Waals surface area contributed by atoms with Crippen molar-refractivity contribution in [3.05, 3.63) is 64.0 Å². The van der Waals surface area contributed by atoms with E-state index in [-0.39, 0.29) is 11.2 Å². The van der Waals surface area contributed by atoms with Gasteiger partial charge in [-0.05, 0) is 50.4 Å². The highest BCUT2D eigenvalue weighted by atomic mass is 16.3. The molecule has 1 unspecified atom stereocenters. The van der Waals surface area contributed by atoms with Crippen molar-refractivity contribution in [2.75, 3.05) is 6.54 Å². The summed E-state index contributed by atoms with van der Waals surface area (Å²) < 4.78 is 6.16. The summed E-state index contributed by atoms with van der Waals surface area (Å²) in [5, 5.41) is 11.1.